The van der Waals surface area contributed by atoms with Crippen molar-refractivity contribution in [1.29, 1.82) is 0 Å². The van der Waals surface area contributed by atoms with Crippen LogP contribution >= 0.6 is 11.6 Å². The molecule has 3 N–H and O–H groups in total. The number of benzene rings is 1. The van der Waals surface area contributed by atoms with Crippen molar-refractivity contribution in [3.05, 3.63) is 34.9 Å². The lowest BCUT2D eigenvalue weighted by molar-refractivity contribution is -0.885. The average Bonchev–Trinajstić information content (AvgIpc) is 2.39. The Morgan fingerprint density at radius 1 is 1.45 bits per heavy atom. The number of piperazine rings is 1. The van der Waals surface area contributed by atoms with Crippen LogP contribution in [0.15, 0.2) is 24.3 Å². The highest BCUT2D eigenvalue weighted by Gasteiger charge is 2.22. The summed E-state index contributed by atoms with van der Waals surface area (Å²) < 4.78 is 0. The van der Waals surface area contributed by atoms with Crippen LogP contribution in [0, 0.1) is 0 Å². The van der Waals surface area contributed by atoms with Crippen LogP contribution in [-0.2, 0) is 9.59 Å². The smallest absolute Gasteiger partial charge is 0.275 e. The molecule has 1 aliphatic heterocycles. The molecule has 0 spiro atoms. The Morgan fingerprint density at radius 3 is 2.80 bits per heavy atom. The topological polar surface area (TPSA) is 62.6 Å². The van der Waals surface area contributed by atoms with E-state index >= 15 is 0 Å². The van der Waals surface area contributed by atoms with E-state index in [0.29, 0.717) is 24.7 Å². The van der Waals surface area contributed by atoms with Crippen LogP contribution in [0.2, 0.25) is 5.02 Å². The van der Waals surface area contributed by atoms with E-state index < -0.39 is 0 Å². The van der Waals surface area contributed by atoms with Crippen LogP contribution in [0.4, 0.5) is 0 Å². The van der Waals surface area contributed by atoms with Crippen LogP contribution in [0.5, 0.6) is 0 Å². The first-order valence-electron chi connectivity index (χ1n) is 6.69. The predicted octanol–water partition coefficient (Wildman–Crippen LogP) is -0.468. The van der Waals surface area contributed by atoms with Crippen molar-refractivity contribution < 1.29 is 14.5 Å². The second-order valence-corrected chi connectivity index (χ2v) is 5.48. The van der Waals surface area contributed by atoms with Gasteiger partial charge in [0.15, 0.2) is 13.1 Å². The quantitative estimate of drug-likeness (QED) is 0.704. The van der Waals surface area contributed by atoms with E-state index in [1.165, 1.54) is 0 Å². The standard InChI is InChI=1S/C14H18ClN3O2/c1-10(11-2-4-12(15)5-3-11)17-14(20)9-18-7-6-16-13(19)8-18/h2-5,10H,6-9H2,1H3,(H,16,19)(H,17,20)/p+1/t10-/m1/s1. The van der Waals surface area contributed by atoms with Crippen molar-refractivity contribution in [1.82, 2.24) is 10.6 Å². The van der Waals surface area contributed by atoms with E-state index in [9.17, 15) is 9.59 Å². The fourth-order valence-corrected chi connectivity index (χ4v) is 2.39. The molecule has 1 fully saturated rings. The Labute approximate surface area is 123 Å². The molecule has 1 aromatic carbocycles. The Morgan fingerprint density at radius 2 is 2.15 bits per heavy atom. The molecule has 2 rings (SSSR count). The molecule has 1 aromatic rings. The Bertz CT molecular complexity index is 490. The molecule has 2 atom stereocenters. The van der Waals surface area contributed by atoms with Gasteiger partial charge in [-0.1, -0.05) is 23.7 Å². The Hall–Kier alpha value is -1.59. The van der Waals surface area contributed by atoms with Gasteiger partial charge in [0.05, 0.1) is 19.1 Å². The molecule has 0 aromatic heterocycles. The zero-order valence-corrected chi connectivity index (χ0v) is 12.2. The van der Waals surface area contributed by atoms with Gasteiger partial charge in [-0.05, 0) is 24.6 Å². The molecular weight excluding hydrogens is 278 g/mol. The van der Waals surface area contributed by atoms with Crippen LogP contribution in [0.1, 0.15) is 18.5 Å². The first-order chi connectivity index (χ1) is 9.54. The van der Waals surface area contributed by atoms with Gasteiger partial charge in [0.25, 0.3) is 11.8 Å². The predicted molar refractivity (Wildman–Crippen MR) is 76.6 cm³/mol. The molecule has 6 heteroatoms. The van der Waals surface area contributed by atoms with Gasteiger partial charge in [0.1, 0.15) is 0 Å². The molecule has 0 saturated carbocycles. The summed E-state index contributed by atoms with van der Waals surface area (Å²) in [6.45, 7) is 4.04. The van der Waals surface area contributed by atoms with Gasteiger partial charge in [-0.25, -0.2) is 0 Å². The van der Waals surface area contributed by atoms with Crippen molar-refractivity contribution in [2.24, 2.45) is 0 Å². The first-order valence-corrected chi connectivity index (χ1v) is 7.07. The molecule has 20 heavy (non-hydrogen) atoms. The monoisotopic (exact) mass is 296 g/mol. The van der Waals surface area contributed by atoms with Gasteiger partial charge >= 0.3 is 0 Å². The number of halogens is 1. The van der Waals surface area contributed by atoms with Gasteiger partial charge < -0.3 is 15.5 Å². The Balaban J connectivity index is 1.84. The number of quaternary nitrogens is 1. The number of hydrogen-bond acceptors (Lipinski definition) is 2. The number of amides is 2. The maximum Gasteiger partial charge on any atom is 0.275 e. The van der Waals surface area contributed by atoms with Gasteiger partial charge in [0, 0.05) is 5.02 Å². The van der Waals surface area contributed by atoms with E-state index in [-0.39, 0.29) is 17.9 Å². The van der Waals surface area contributed by atoms with E-state index in [4.69, 9.17) is 11.6 Å². The molecule has 2 amide bonds. The second-order valence-electron chi connectivity index (χ2n) is 5.04. The highest BCUT2D eigenvalue weighted by atomic mass is 35.5. The summed E-state index contributed by atoms with van der Waals surface area (Å²) in [7, 11) is 0. The minimum atomic E-state index is -0.0715. The van der Waals surface area contributed by atoms with Crippen molar-refractivity contribution in [3.8, 4) is 0 Å². The molecule has 0 bridgehead atoms. The van der Waals surface area contributed by atoms with Gasteiger partial charge in [0.2, 0.25) is 0 Å². The highest BCUT2D eigenvalue weighted by Crippen LogP contribution is 2.15. The summed E-state index contributed by atoms with van der Waals surface area (Å²) in [5.41, 5.74) is 1.01. The lowest BCUT2D eigenvalue weighted by Crippen LogP contribution is -3.16. The number of nitrogens with one attached hydrogen (secondary N) is 3. The summed E-state index contributed by atoms with van der Waals surface area (Å²) in [5, 5.41) is 6.37. The molecule has 1 heterocycles. The summed E-state index contributed by atoms with van der Waals surface area (Å²) in [6, 6.07) is 7.33. The van der Waals surface area contributed by atoms with E-state index in [1.807, 2.05) is 19.1 Å². The number of carbonyl (C=O) groups excluding carboxylic acids is 2. The SMILES string of the molecule is C[C@@H](NC(=O)C[NH+]1CCNC(=O)C1)c1ccc(Cl)cc1. The molecule has 0 radical (unpaired) electrons. The third-order valence-electron chi connectivity index (χ3n) is 3.37. The molecule has 5 nitrogen and oxygen atoms in total. The lowest BCUT2D eigenvalue weighted by Gasteiger charge is -2.23. The van der Waals surface area contributed by atoms with Crippen LogP contribution in [0.25, 0.3) is 0 Å². The third kappa shape index (κ3) is 4.21. The zero-order chi connectivity index (χ0) is 14.5. The van der Waals surface area contributed by atoms with Crippen molar-refractivity contribution >= 4 is 23.4 Å². The zero-order valence-electron chi connectivity index (χ0n) is 11.4. The fraction of sp³-hybridized carbons (Fsp3) is 0.429. The largest absolute Gasteiger partial charge is 0.346 e. The van der Waals surface area contributed by atoms with Crippen molar-refractivity contribution in [2.75, 3.05) is 26.2 Å². The second kappa shape index (κ2) is 6.72. The number of carbonyl (C=O) groups is 2. The Kier molecular flexibility index (Phi) is 4.98. The van der Waals surface area contributed by atoms with E-state index in [0.717, 1.165) is 17.0 Å². The number of hydrogen-bond donors (Lipinski definition) is 3. The number of rotatable bonds is 4. The fourth-order valence-electron chi connectivity index (χ4n) is 2.26. The average molecular weight is 297 g/mol. The first kappa shape index (κ1) is 14.8. The van der Waals surface area contributed by atoms with Crippen LogP contribution in [-0.4, -0.2) is 38.0 Å². The van der Waals surface area contributed by atoms with Gasteiger partial charge in [-0.3, -0.25) is 9.59 Å². The summed E-state index contributed by atoms with van der Waals surface area (Å²) in [6.07, 6.45) is 0. The van der Waals surface area contributed by atoms with Gasteiger partial charge in [-0.15, -0.1) is 0 Å². The molecule has 0 aliphatic carbocycles. The highest BCUT2D eigenvalue weighted by molar-refractivity contribution is 6.30. The molecule has 1 aliphatic rings. The lowest BCUT2D eigenvalue weighted by atomic mass is 10.1. The maximum atomic E-state index is 12.0. The third-order valence-corrected chi connectivity index (χ3v) is 3.62. The maximum absolute atomic E-state index is 12.0. The minimum Gasteiger partial charge on any atom is -0.346 e. The normalized spacial score (nSPS) is 20.1. The van der Waals surface area contributed by atoms with E-state index in [1.54, 1.807) is 12.1 Å². The molecule has 1 saturated heterocycles. The summed E-state index contributed by atoms with van der Waals surface area (Å²) in [5.74, 6) is -0.0399. The van der Waals surface area contributed by atoms with Crippen LogP contribution < -0.4 is 15.5 Å². The van der Waals surface area contributed by atoms with Crippen molar-refractivity contribution in [2.45, 2.75) is 13.0 Å². The summed E-state index contributed by atoms with van der Waals surface area (Å²) >= 11 is 5.84. The van der Waals surface area contributed by atoms with E-state index in [2.05, 4.69) is 10.6 Å². The summed E-state index contributed by atoms with van der Waals surface area (Å²) in [4.78, 5) is 24.2. The van der Waals surface area contributed by atoms with Crippen LogP contribution in [0.3, 0.4) is 0 Å². The minimum absolute atomic E-state index is 0.00444. The van der Waals surface area contributed by atoms with Crippen molar-refractivity contribution in [3.63, 3.8) is 0 Å². The molecule has 1 unspecified atom stereocenters. The molecular formula is C14H19ClN3O2+. The van der Waals surface area contributed by atoms with Gasteiger partial charge in [-0.2, -0.15) is 0 Å². The molecule has 108 valence electrons.